The molecule has 8 nitrogen and oxygen atoms in total. The van der Waals surface area contributed by atoms with Gasteiger partial charge in [-0.3, -0.25) is 9.97 Å². The second kappa shape index (κ2) is 7.83. The summed E-state index contributed by atoms with van der Waals surface area (Å²) in [6.45, 7) is 7.92. The largest absolute Gasteiger partial charge is 0.383 e. The molecule has 1 saturated heterocycles. The third kappa shape index (κ3) is 3.64. The summed E-state index contributed by atoms with van der Waals surface area (Å²) < 4.78 is 16.1. The molecule has 2 atom stereocenters. The Morgan fingerprint density at radius 1 is 1.12 bits per heavy atom. The lowest BCUT2D eigenvalue weighted by Gasteiger charge is -2.38. The minimum Gasteiger partial charge on any atom is -0.383 e. The first-order valence-corrected chi connectivity index (χ1v) is 10.6. The summed E-state index contributed by atoms with van der Waals surface area (Å²) in [6, 6.07) is 6.00. The molecule has 1 aromatic carbocycles. The highest BCUT2D eigenvalue weighted by atomic mass is 19.1. The number of hydrogen-bond acceptors (Lipinski definition) is 6. The number of halogens is 1. The quantitative estimate of drug-likeness (QED) is 0.382. The van der Waals surface area contributed by atoms with E-state index in [2.05, 4.69) is 44.0 Å². The molecule has 9 heteroatoms. The highest BCUT2D eigenvalue weighted by Gasteiger charge is 2.24. The summed E-state index contributed by atoms with van der Waals surface area (Å²) in [5.41, 5.74) is 10.9. The van der Waals surface area contributed by atoms with Gasteiger partial charge in [0.2, 0.25) is 0 Å². The zero-order valence-electron chi connectivity index (χ0n) is 18.2. The molecule has 0 amide bonds. The number of anilines is 1. The van der Waals surface area contributed by atoms with Crippen molar-refractivity contribution in [3.8, 4) is 0 Å². The number of nitrogens with one attached hydrogen (secondary N) is 1. The van der Waals surface area contributed by atoms with Crippen LogP contribution >= 0.6 is 0 Å². The van der Waals surface area contributed by atoms with E-state index in [4.69, 9.17) is 5.73 Å². The number of pyridine rings is 1. The van der Waals surface area contributed by atoms with Crippen molar-refractivity contribution in [2.24, 2.45) is 10.7 Å². The van der Waals surface area contributed by atoms with Gasteiger partial charge in [0.25, 0.3) is 0 Å². The van der Waals surface area contributed by atoms with E-state index in [1.165, 1.54) is 6.07 Å². The molecule has 4 aromatic rings. The Bertz CT molecular complexity index is 1330. The van der Waals surface area contributed by atoms with E-state index in [1.54, 1.807) is 29.2 Å². The number of nitrogens with zero attached hydrogens (tertiary/aromatic N) is 6. The van der Waals surface area contributed by atoms with Gasteiger partial charge < -0.3 is 20.4 Å². The zero-order valence-corrected chi connectivity index (χ0v) is 18.2. The normalized spacial score (nSPS) is 19.8. The first kappa shape index (κ1) is 20.3. The smallest absolute Gasteiger partial charge is 0.173 e. The van der Waals surface area contributed by atoms with Crippen LogP contribution in [0.15, 0.2) is 48.0 Å². The standard InChI is InChI=1S/C23H25FN8/c1-13-9-31(10-14(2)28-13)19-5-4-17(20-21(19)27-7-6-26-20)22(25)30-16-8-18(24)23-29-15(3)11-32(23)12-16/h4-8,11-14,28H,9-10H2,1-3H3,(H2,25,30)/t13-,14-/m0/s1. The SMILES string of the molecule is Cc1cn2cc(N=C(N)c3ccc(N4C[C@H](C)N[C@@H](C)C4)c4nccnc34)cc(F)c2n1. The lowest BCUT2D eigenvalue weighted by Crippen LogP contribution is -2.54. The second-order valence-electron chi connectivity index (χ2n) is 8.42. The Morgan fingerprint density at radius 2 is 1.84 bits per heavy atom. The van der Waals surface area contributed by atoms with Crippen LogP contribution in [0.4, 0.5) is 15.8 Å². The molecule has 1 aliphatic rings. The molecule has 0 spiro atoms. The predicted octanol–water partition coefficient (Wildman–Crippen LogP) is 2.95. The number of imidazole rings is 1. The maximum atomic E-state index is 14.5. The number of rotatable bonds is 3. The van der Waals surface area contributed by atoms with Crippen molar-refractivity contribution in [1.82, 2.24) is 24.7 Å². The summed E-state index contributed by atoms with van der Waals surface area (Å²) in [6.07, 6.45) is 6.78. The molecule has 1 fully saturated rings. The van der Waals surface area contributed by atoms with E-state index >= 15 is 0 Å². The Hall–Kier alpha value is -3.59. The van der Waals surface area contributed by atoms with Crippen molar-refractivity contribution in [1.29, 1.82) is 0 Å². The molecule has 0 bridgehead atoms. The molecule has 3 aromatic heterocycles. The van der Waals surface area contributed by atoms with Crippen LogP contribution in [0.25, 0.3) is 16.7 Å². The third-order valence-electron chi connectivity index (χ3n) is 5.64. The summed E-state index contributed by atoms with van der Waals surface area (Å²) in [4.78, 5) is 20.1. The number of nitrogens with two attached hydrogens (primary N) is 1. The number of benzene rings is 1. The number of aliphatic imine (C=N–C) groups is 1. The number of hydrogen-bond donors (Lipinski definition) is 2. The summed E-state index contributed by atoms with van der Waals surface area (Å²) in [7, 11) is 0. The average Bonchev–Trinajstić information content (AvgIpc) is 3.13. The molecule has 3 N–H and O–H groups in total. The molecule has 0 aliphatic carbocycles. The highest BCUT2D eigenvalue weighted by molar-refractivity contribution is 6.10. The van der Waals surface area contributed by atoms with Gasteiger partial charge in [0.15, 0.2) is 11.5 Å². The van der Waals surface area contributed by atoms with E-state index in [9.17, 15) is 4.39 Å². The van der Waals surface area contributed by atoms with E-state index in [1.807, 2.05) is 19.1 Å². The van der Waals surface area contributed by atoms with Gasteiger partial charge in [-0.25, -0.2) is 14.4 Å². The zero-order chi connectivity index (χ0) is 22.4. The van der Waals surface area contributed by atoms with Gasteiger partial charge in [-0.15, -0.1) is 0 Å². The number of piperazine rings is 1. The maximum absolute atomic E-state index is 14.5. The lowest BCUT2D eigenvalue weighted by atomic mass is 10.1. The van der Waals surface area contributed by atoms with E-state index in [0.717, 1.165) is 30.0 Å². The van der Waals surface area contributed by atoms with Crippen LogP contribution in [0, 0.1) is 12.7 Å². The Balaban J connectivity index is 1.57. The van der Waals surface area contributed by atoms with Gasteiger partial charge in [-0.1, -0.05) is 0 Å². The molecule has 5 rings (SSSR count). The molecule has 0 unspecified atom stereocenters. The number of amidine groups is 1. The first-order chi connectivity index (χ1) is 15.4. The van der Waals surface area contributed by atoms with Gasteiger partial charge in [0.1, 0.15) is 16.9 Å². The first-order valence-electron chi connectivity index (χ1n) is 10.6. The van der Waals surface area contributed by atoms with Crippen LogP contribution < -0.4 is 16.0 Å². The summed E-state index contributed by atoms with van der Waals surface area (Å²) >= 11 is 0. The molecule has 32 heavy (non-hydrogen) atoms. The molecular weight excluding hydrogens is 407 g/mol. The van der Waals surface area contributed by atoms with Crippen LogP contribution in [0.2, 0.25) is 0 Å². The van der Waals surface area contributed by atoms with Gasteiger partial charge in [0, 0.05) is 61.6 Å². The monoisotopic (exact) mass is 432 g/mol. The van der Waals surface area contributed by atoms with Crippen molar-refractivity contribution < 1.29 is 4.39 Å². The molecule has 4 heterocycles. The van der Waals surface area contributed by atoms with Crippen molar-refractivity contribution >= 4 is 33.9 Å². The number of fused-ring (bicyclic) bond motifs is 2. The van der Waals surface area contributed by atoms with Crippen LogP contribution in [-0.2, 0) is 0 Å². The van der Waals surface area contributed by atoms with Crippen molar-refractivity contribution in [3.63, 3.8) is 0 Å². The molecule has 0 radical (unpaired) electrons. The van der Waals surface area contributed by atoms with E-state index < -0.39 is 5.82 Å². The maximum Gasteiger partial charge on any atom is 0.173 e. The van der Waals surface area contributed by atoms with Crippen LogP contribution in [-0.4, -0.2) is 50.4 Å². The van der Waals surface area contributed by atoms with Gasteiger partial charge in [-0.2, -0.15) is 0 Å². The van der Waals surface area contributed by atoms with Crippen molar-refractivity contribution in [2.75, 3.05) is 18.0 Å². The fourth-order valence-corrected chi connectivity index (χ4v) is 4.45. The van der Waals surface area contributed by atoms with Gasteiger partial charge in [-0.05, 0) is 32.9 Å². The third-order valence-corrected chi connectivity index (χ3v) is 5.64. The van der Waals surface area contributed by atoms with Crippen LogP contribution in [0.5, 0.6) is 0 Å². The van der Waals surface area contributed by atoms with E-state index in [0.29, 0.717) is 28.9 Å². The number of aryl methyl sites for hydroxylation is 1. The molecule has 0 saturated carbocycles. The average molecular weight is 433 g/mol. The van der Waals surface area contributed by atoms with Crippen molar-refractivity contribution in [2.45, 2.75) is 32.9 Å². The van der Waals surface area contributed by atoms with Crippen LogP contribution in [0.1, 0.15) is 25.1 Å². The van der Waals surface area contributed by atoms with E-state index in [-0.39, 0.29) is 11.5 Å². The fourth-order valence-electron chi connectivity index (χ4n) is 4.45. The molecular formula is C23H25FN8. The summed E-state index contributed by atoms with van der Waals surface area (Å²) in [5.74, 6) is -0.200. The molecule has 164 valence electrons. The molecule has 1 aliphatic heterocycles. The van der Waals surface area contributed by atoms with Crippen molar-refractivity contribution in [3.05, 3.63) is 60.1 Å². The lowest BCUT2D eigenvalue weighted by molar-refractivity contribution is 0.407. The predicted molar refractivity (Wildman–Crippen MR) is 124 cm³/mol. The highest BCUT2D eigenvalue weighted by Crippen LogP contribution is 2.29. The minimum atomic E-state index is -0.450. The topological polar surface area (TPSA) is 96.7 Å². The Labute approximate surface area is 185 Å². The summed E-state index contributed by atoms with van der Waals surface area (Å²) in [5, 5.41) is 3.55. The van der Waals surface area contributed by atoms with Gasteiger partial charge in [0.05, 0.1) is 17.1 Å². The fraction of sp³-hybridized carbons (Fsp3) is 0.304. The van der Waals surface area contributed by atoms with Gasteiger partial charge >= 0.3 is 0 Å². The minimum absolute atomic E-state index is 0.250. The second-order valence-corrected chi connectivity index (χ2v) is 8.42. The Kier molecular flexibility index (Phi) is 4.97. The van der Waals surface area contributed by atoms with Crippen LogP contribution in [0.3, 0.4) is 0 Å². The number of aromatic nitrogens is 4. The Morgan fingerprint density at radius 3 is 2.59 bits per heavy atom.